The van der Waals surface area contributed by atoms with Crippen molar-refractivity contribution in [3.8, 4) is 0 Å². The number of ketones is 1. The molecule has 1 heterocycles. The molecular formula is C16H17NO3S. The first kappa shape index (κ1) is 15.4. The largest absolute Gasteiger partial charge is 0.294 e. The summed E-state index contributed by atoms with van der Waals surface area (Å²) in [5.41, 5.74) is -0.590. The molecule has 0 saturated carbocycles. The maximum Gasteiger partial charge on any atom is 0.224 e. The fourth-order valence-corrected chi connectivity index (χ4v) is 3.25. The molecular weight excluding hydrogens is 286 g/mol. The van der Waals surface area contributed by atoms with E-state index in [9.17, 15) is 14.9 Å². The van der Waals surface area contributed by atoms with Gasteiger partial charge in [0.25, 0.3) is 0 Å². The van der Waals surface area contributed by atoms with Crippen LogP contribution in [0.2, 0.25) is 0 Å². The third-order valence-electron chi connectivity index (χ3n) is 3.70. The van der Waals surface area contributed by atoms with Gasteiger partial charge in [0, 0.05) is 35.6 Å². The molecule has 1 aromatic heterocycles. The second kappa shape index (κ2) is 6.18. The maximum absolute atomic E-state index is 12.4. The average molecular weight is 303 g/mol. The highest BCUT2D eigenvalue weighted by Gasteiger charge is 2.43. The molecule has 2 aromatic rings. The van der Waals surface area contributed by atoms with Crippen LogP contribution in [0.1, 0.15) is 41.4 Å². The fourth-order valence-electron chi connectivity index (χ4n) is 2.24. The van der Waals surface area contributed by atoms with Crippen LogP contribution in [0.25, 0.3) is 0 Å². The van der Waals surface area contributed by atoms with Crippen molar-refractivity contribution in [3.63, 3.8) is 0 Å². The van der Waals surface area contributed by atoms with Crippen LogP contribution in [0, 0.1) is 10.1 Å². The van der Waals surface area contributed by atoms with Gasteiger partial charge in [-0.2, -0.15) is 0 Å². The lowest BCUT2D eigenvalue weighted by Crippen LogP contribution is -2.38. The Morgan fingerprint density at radius 2 is 1.90 bits per heavy atom. The smallest absolute Gasteiger partial charge is 0.224 e. The topological polar surface area (TPSA) is 60.2 Å². The third-order valence-corrected chi connectivity index (χ3v) is 4.68. The molecule has 1 unspecified atom stereocenters. The summed E-state index contributed by atoms with van der Waals surface area (Å²) in [6.07, 6.45) is 0.137. The van der Waals surface area contributed by atoms with Crippen molar-refractivity contribution in [2.24, 2.45) is 0 Å². The molecule has 21 heavy (non-hydrogen) atoms. The number of rotatable bonds is 6. The van der Waals surface area contributed by atoms with Crippen molar-refractivity contribution in [2.45, 2.75) is 31.7 Å². The molecule has 1 aromatic carbocycles. The molecule has 0 aliphatic carbocycles. The third kappa shape index (κ3) is 3.36. The van der Waals surface area contributed by atoms with Gasteiger partial charge in [0.15, 0.2) is 5.78 Å². The Balaban J connectivity index is 2.30. The number of thiophene rings is 1. The van der Waals surface area contributed by atoms with Crippen LogP contribution in [0.15, 0.2) is 47.8 Å². The summed E-state index contributed by atoms with van der Waals surface area (Å²) >= 11 is 1.46. The SMILES string of the molecule is CC(C)(C(CC(=O)c1ccccc1)c1cccs1)[N+](=O)[O-]. The molecule has 0 fully saturated rings. The summed E-state index contributed by atoms with van der Waals surface area (Å²) in [5, 5.41) is 13.3. The standard InChI is InChI=1S/C16H17NO3S/c1-16(2,17(19)20)13(15-9-6-10-21-15)11-14(18)12-7-4-3-5-8-12/h3-10,13H,11H2,1-2H3. The van der Waals surface area contributed by atoms with Crippen LogP contribution in [-0.4, -0.2) is 16.2 Å². The quantitative estimate of drug-likeness (QED) is 0.457. The highest BCUT2D eigenvalue weighted by molar-refractivity contribution is 7.10. The minimum absolute atomic E-state index is 0.0658. The van der Waals surface area contributed by atoms with E-state index in [4.69, 9.17) is 0 Å². The number of hydrogen-bond acceptors (Lipinski definition) is 4. The van der Waals surface area contributed by atoms with Crippen LogP contribution in [0.4, 0.5) is 0 Å². The summed E-state index contributed by atoms with van der Waals surface area (Å²) in [4.78, 5) is 24.4. The van der Waals surface area contributed by atoms with Gasteiger partial charge in [0.2, 0.25) is 5.54 Å². The lowest BCUT2D eigenvalue weighted by Gasteiger charge is -2.25. The number of carbonyl (C=O) groups is 1. The second-order valence-electron chi connectivity index (χ2n) is 5.47. The zero-order valence-corrected chi connectivity index (χ0v) is 12.8. The molecule has 0 saturated heterocycles. The van der Waals surface area contributed by atoms with Gasteiger partial charge in [0.1, 0.15) is 0 Å². The molecule has 0 spiro atoms. The zero-order chi connectivity index (χ0) is 15.5. The minimum Gasteiger partial charge on any atom is -0.294 e. The molecule has 4 nitrogen and oxygen atoms in total. The molecule has 0 amide bonds. The van der Waals surface area contributed by atoms with Gasteiger partial charge in [-0.1, -0.05) is 36.4 Å². The Kier molecular flexibility index (Phi) is 4.53. The van der Waals surface area contributed by atoms with Crippen molar-refractivity contribution in [3.05, 3.63) is 68.4 Å². The van der Waals surface area contributed by atoms with Crippen LogP contribution in [-0.2, 0) is 0 Å². The van der Waals surface area contributed by atoms with Crippen molar-refractivity contribution in [2.75, 3.05) is 0 Å². The van der Waals surface area contributed by atoms with E-state index in [0.717, 1.165) is 4.88 Å². The minimum atomic E-state index is -1.19. The first-order valence-electron chi connectivity index (χ1n) is 6.69. The van der Waals surface area contributed by atoms with Gasteiger partial charge in [-0.3, -0.25) is 14.9 Å². The Morgan fingerprint density at radius 1 is 1.24 bits per heavy atom. The van der Waals surface area contributed by atoms with Gasteiger partial charge < -0.3 is 0 Å². The monoisotopic (exact) mass is 303 g/mol. The van der Waals surface area contributed by atoms with Crippen molar-refractivity contribution >= 4 is 17.1 Å². The van der Waals surface area contributed by atoms with E-state index in [1.165, 1.54) is 11.3 Å². The summed E-state index contributed by atoms with van der Waals surface area (Å²) in [6.45, 7) is 3.16. The molecule has 110 valence electrons. The predicted octanol–water partition coefficient (Wildman–Crippen LogP) is 4.16. The first-order valence-corrected chi connectivity index (χ1v) is 7.57. The van der Waals surface area contributed by atoms with Crippen LogP contribution in [0.5, 0.6) is 0 Å². The highest BCUT2D eigenvalue weighted by Crippen LogP contribution is 2.37. The molecule has 1 atom stereocenters. The molecule has 0 N–H and O–H groups in total. The maximum atomic E-state index is 12.4. The van der Waals surface area contributed by atoms with E-state index < -0.39 is 11.5 Å². The van der Waals surface area contributed by atoms with E-state index in [-0.39, 0.29) is 17.1 Å². The predicted molar refractivity (Wildman–Crippen MR) is 83.5 cm³/mol. The molecule has 0 aliphatic heterocycles. The summed E-state index contributed by atoms with van der Waals surface area (Å²) in [7, 11) is 0. The highest BCUT2D eigenvalue weighted by atomic mass is 32.1. The summed E-state index contributed by atoms with van der Waals surface area (Å²) in [6, 6.07) is 12.6. The number of nitrogens with zero attached hydrogens (tertiary/aromatic N) is 1. The Morgan fingerprint density at radius 3 is 2.43 bits per heavy atom. The van der Waals surface area contributed by atoms with Gasteiger partial charge in [0.05, 0.1) is 5.92 Å². The van der Waals surface area contributed by atoms with Crippen molar-refractivity contribution in [1.29, 1.82) is 0 Å². The summed E-state index contributed by atoms with van der Waals surface area (Å²) < 4.78 is 0. The van der Waals surface area contributed by atoms with Crippen LogP contribution >= 0.6 is 11.3 Å². The Hall–Kier alpha value is -2.01. The lowest BCUT2D eigenvalue weighted by molar-refractivity contribution is -0.565. The fraction of sp³-hybridized carbons (Fsp3) is 0.312. The number of Topliss-reactive ketones (excluding diaryl/α,β-unsaturated/α-hetero) is 1. The van der Waals surface area contributed by atoms with E-state index >= 15 is 0 Å². The number of carbonyl (C=O) groups excluding carboxylic acids is 1. The Labute approximate surface area is 127 Å². The van der Waals surface area contributed by atoms with Crippen LogP contribution < -0.4 is 0 Å². The number of nitro groups is 1. The molecule has 0 radical (unpaired) electrons. The molecule has 5 heteroatoms. The summed E-state index contributed by atoms with van der Waals surface area (Å²) in [5.74, 6) is -0.496. The van der Waals surface area contributed by atoms with E-state index in [0.29, 0.717) is 5.56 Å². The van der Waals surface area contributed by atoms with Gasteiger partial charge >= 0.3 is 0 Å². The zero-order valence-electron chi connectivity index (χ0n) is 12.0. The van der Waals surface area contributed by atoms with Gasteiger partial charge in [-0.25, -0.2) is 0 Å². The Bertz CT molecular complexity index is 620. The lowest BCUT2D eigenvalue weighted by atomic mass is 9.82. The number of benzene rings is 1. The normalized spacial score (nSPS) is 12.9. The number of hydrogen-bond donors (Lipinski definition) is 0. The molecule has 0 bridgehead atoms. The van der Waals surface area contributed by atoms with Crippen molar-refractivity contribution < 1.29 is 9.72 Å². The van der Waals surface area contributed by atoms with E-state index in [2.05, 4.69) is 0 Å². The molecule has 0 aliphatic rings. The van der Waals surface area contributed by atoms with E-state index in [1.807, 2.05) is 23.6 Å². The average Bonchev–Trinajstić information content (AvgIpc) is 2.98. The van der Waals surface area contributed by atoms with Crippen LogP contribution in [0.3, 0.4) is 0 Å². The van der Waals surface area contributed by atoms with Gasteiger partial charge in [-0.05, 0) is 11.4 Å². The first-order chi connectivity index (χ1) is 9.93. The molecule has 2 rings (SSSR count). The second-order valence-corrected chi connectivity index (χ2v) is 6.45. The van der Waals surface area contributed by atoms with E-state index in [1.54, 1.807) is 38.1 Å². The van der Waals surface area contributed by atoms with Crippen molar-refractivity contribution in [1.82, 2.24) is 0 Å². The van der Waals surface area contributed by atoms with Gasteiger partial charge in [-0.15, -0.1) is 11.3 Å².